The van der Waals surface area contributed by atoms with Gasteiger partial charge in [0, 0.05) is 24.3 Å². The Hall–Kier alpha value is -2.54. The molecule has 1 aliphatic carbocycles. The molecule has 7 nitrogen and oxygen atoms in total. The van der Waals surface area contributed by atoms with Gasteiger partial charge in [-0.3, -0.25) is 4.79 Å². The molecule has 1 N–H and O–H groups in total. The molecule has 1 amide bonds. The molecule has 1 aromatic carbocycles. The Kier molecular flexibility index (Phi) is 5.55. The Morgan fingerprint density at radius 3 is 2.96 bits per heavy atom. The summed E-state index contributed by atoms with van der Waals surface area (Å²) in [6.07, 6.45) is 3.83. The fourth-order valence-electron chi connectivity index (χ4n) is 2.63. The van der Waals surface area contributed by atoms with Crippen molar-refractivity contribution in [3.8, 4) is 11.6 Å². The highest BCUT2D eigenvalue weighted by Crippen LogP contribution is 2.23. The van der Waals surface area contributed by atoms with Gasteiger partial charge in [0.05, 0.1) is 13.2 Å². The van der Waals surface area contributed by atoms with Gasteiger partial charge < -0.3 is 24.2 Å². The highest BCUT2D eigenvalue weighted by molar-refractivity contribution is 6.02. The minimum atomic E-state index is -0.387. The number of nitrogens with one attached hydrogen (secondary N) is 1. The molecule has 0 atom stereocenters. The number of benzene rings is 1. The minimum Gasteiger partial charge on any atom is -0.497 e. The van der Waals surface area contributed by atoms with E-state index >= 15 is 0 Å². The first-order chi connectivity index (χ1) is 12.2. The third-order valence-corrected chi connectivity index (χ3v) is 4.43. The van der Waals surface area contributed by atoms with E-state index in [0.29, 0.717) is 30.0 Å². The first kappa shape index (κ1) is 17.3. The van der Waals surface area contributed by atoms with Crippen LogP contribution in [0.1, 0.15) is 29.8 Å². The third kappa shape index (κ3) is 4.51. The van der Waals surface area contributed by atoms with Crippen molar-refractivity contribution in [2.45, 2.75) is 25.3 Å². The van der Waals surface area contributed by atoms with Crippen LogP contribution in [0.25, 0.3) is 0 Å². The van der Waals surface area contributed by atoms with Gasteiger partial charge in [-0.15, -0.1) is 0 Å². The maximum Gasteiger partial charge on any atom is 0.294 e. The van der Waals surface area contributed by atoms with E-state index in [9.17, 15) is 4.79 Å². The number of carbonyl (C=O) groups is 1. The zero-order chi connectivity index (χ0) is 17.6. The van der Waals surface area contributed by atoms with Crippen LogP contribution in [0.4, 0.5) is 5.69 Å². The van der Waals surface area contributed by atoms with Crippen molar-refractivity contribution in [3.05, 3.63) is 36.1 Å². The van der Waals surface area contributed by atoms with Gasteiger partial charge in [0.1, 0.15) is 12.4 Å². The van der Waals surface area contributed by atoms with E-state index in [1.54, 1.807) is 31.4 Å². The number of carbonyl (C=O) groups excluding carboxylic acids is 1. The molecule has 1 aliphatic rings. The maximum atomic E-state index is 12.2. The lowest BCUT2D eigenvalue weighted by molar-refractivity contribution is 0.0987. The van der Waals surface area contributed by atoms with Crippen molar-refractivity contribution in [1.82, 2.24) is 10.1 Å². The predicted molar refractivity (Wildman–Crippen MR) is 93.2 cm³/mol. The number of ether oxygens (including phenoxy) is 2. The van der Waals surface area contributed by atoms with Crippen molar-refractivity contribution in [2.75, 3.05) is 32.6 Å². The summed E-state index contributed by atoms with van der Waals surface area (Å²) in [6, 6.07) is 9.26. The van der Waals surface area contributed by atoms with E-state index in [1.165, 1.54) is 25.3 Å². The monoisotopic (exact) mass is 345 g/mol. The topological polar surface area (TPSA) is 76.8 Å². The lowest BCUT2D eigenvalue weighted by atomic mass is 9.92. The normalized spacial score (nSPS) is 14.2. The van der Waals surface area contributed by atoms with Crippen LogP contribution in [0.2, 0.25) is 0 Å². The van der Waals surface area contributed by atoms with E-state index in [2.05, 4.69) is 22.4 Å². The van der Waals surface area contributed by atoms with Crippen LogP contribution in [0.15, 0.2) is 34.9 Å². The first-order valence-corrected chi connectivity index (χ1v) is 8.41. The Labute approximate surface area is 146 Å². The molecule has 7 heteroatoms. The third-order valence-electron chi connectivity index (χ3n) is 4.43. The van der Waals surface area contributed by atoms with Gasteiger partial charge in [-0.2, -0.15) is 0 Å². The molecule has 0 spiro atoms. The van der Waals surface area contributed by atoms with Gasteiger partial charge >= 0.3 is 0 Å². The number of rotatable bonds is 8. The lowest BCUT2D eigenvalue weighted by Crippen LogP contribution is -2.39. The molecule has 1 aromatic heterocycles. The zero-order valence-corrected chi connectivity index (χ0v) is 14.5. The SMILES string of the molecule is COc1cccc(NC(=O)c2cc(OCCN(C)C3CCC3)no2)c1. The number of amides is 1. The Bertz CT molecular complexity index is 712. The van der Waals surface area contributed by atoms with E-state index in [1.807, 2.05) is 0 Å². The number of anilines is 1. The first-order valence-electron chi connectivity index (χ1n) is 8.41. The molecule has 2 aromatic rings. The number of hydrogen-bond acceptors (Lipinski definition) is 6. The molecule has 1 saturated carbocycles. The second-order valence-corrected chi connectivity index (χ2v) is 6.13. The summed E-state index contributed by atoms with van der Waals surface area (Å²) in [5, 5.41) is 6.52. The summed E-state index contributed by atoms with van der Waals surface area (Å²) in [5.41, 5.74) is 0.616. The van der Waals surface area contributed by atoms with Crippen LogP contribution >= 0.6 is 0 Å². The van der Waals surface area contributed by atoms with Gasteiger partial charge in [0.25, 0.3) is 11.8 Å². The largest absolute Gasteiger partial charge is 0.497 e. The molecule has 1 fully saturated rings. The fourth-order valence-corrected chi connectivity index (χ4v) is 2.63. The van der Waals surface area contributed by atoms with Crippen LogP contribution in [0.3, 0.4) is 0 Å². The lowest BCUT2D eigenvalue weighted by Gasteiger charge is -2.34. The Morgan fingerprint density at radius 1 is 1.40 bits per heavy atom. The van der Waals surface area contributed by atoms with Crippen LogP contribution < -0.4 is 14.8 Å². The molecule has 134 valence electrons. The summed E-state index contributed by atoms with van der Waals surface area (Å²) in [4.78, 5) is 14.5. The van der Waals surface area contributed by atoms with E-state index in [-0.39, 0.29) is 11.7 Å². The van der Waals surface area contributed by atoms with Gasteiger partial charge in [-0.25, -0.2) is 0 Å². The summed E-state index contributed by atoms with van der Waals surface area (Å²) in [6.45, 7) is 1.33. The molecule has 0 radical (unpaired) electrons. The van der Waals surface area contributed by atoms with Crippen molar-refractivity contribution in [3.63, 3.8) is 0 Å². The second kappa shape index (κ2) is 8.02. The molecule has 3 rings (SSSR count). The molecule has 25 heavy (non-hydrogen) atoms. The predicted octanol–water partition coefficient (Wildman–Crippen LogP) is 2.80. The average molecular weight is 345 g/mol. The van der Waals surface area contributed by atoms with Crippen molar-refractivity contribution in [1.29, 1.82) is 0 Å². The van der Waals surface area contributed by atoms with Gasteiger partial charge in [-0.1, -0.05) is 12.5 Å². The number of hydrogen-bond donors (Lipinski definition) is 1. The zero-order valence-electron chi connectivity index (χ0n) is 14.5. The van der Waals surface area contributed by atoms with Gasteiger partial charge in [-0.05, 0) is 37.2 Å². The standard InChI is InChI=1S/C18H23N3O4/c1-21(14-6-4-7-14)9-10-24-17-12-16(25-20-17)18(22)19-13-5-3-8-15(11-13)23-2/h3,5,8,11-12,14H,4,6-7,9-10H2,1-2H3,(H,19,22). The number of aromatic nitrogens is 1. The van der Waals surface area contributed by atoms with Gasteiger partial charge in [0.15, 0.2) is 0 Å². The summed E-state index contributed by atoms with van der Waals surface area (Å²) < 4.78 is 15.8. The molecule has 0 unspecified atom stereocenters. The Balaban J connectivity index is 1.49. The van der Waals surface area contributed by atoms with E-state index in [0.717, 1.165) is 6.54 Å². The fraction of sp³-hybridized carbons (Fsp3) is 0.444. The van der Waals surface area contributed by atoms with E-state index < -0.39 is 0 Å². The average Bonchev–Trinajstić information content (AvgIpc) is 3.02. The summed E-state index contributed by atoms with van der Waals surface area (Å²) in [5.74, 6) is 0.695. The summed E-state index contributed by atoms with van der Waals surface area (Å²) in [7, 11) is 3.67. The van der Waals surface area contributed by atoms with Crippen molar-refractivity contribution < 1.29 is 18.8 Å². The molecule has 0 bridgehead atoms. The van der Waals surface area contributed by atoms with Crippen LogP contribution in [0.5, 0.6) is 11.6 Å². The quantitative estimate of drug-likeness (QED) is 0.793. The molecular formula is C18H23N3O4. The number of methoxy groups -OCH3 is 1. The molecule has 0 aliphatic heterocycles. The molecular weight excluding hydrogens is 322 g/mol. The highest BCUT2D eigenvalue weighted by Gasteiger charge is 2.21. The minimum absolute atomic E-state index is 0.102. The summed E-state index contributed by atoms with van der Waals surface area (Å²) >= 11 is 0. The van der Waals surface area contributed by atoms with Crippen LogP contribution in [-0.4, -0.2) is 49.3 Å². The highest BCUT2D eigenvalue weighted by atomic mass is 16.5. The molecule has 0 saturated heterocycles. The number of nitrogens with zero attached hydrogens (tertiary/aromatic N) is 2. The molecule has 1 heterocycles. The van der Waals surface area contributed by atoms with Crippen molar-refractivity contribution >= 4 is 11.6 Å². The smallest absolute Gasteiger partial charge is 0.294 e. The maximum absolute atomic E-state index is 12.2. The van der Waals surface area contributed by atoms with Gasteiger partial charge in [0.2, 0.25) is 5.76 Å². The van der Waals surface area contributed by atoms with E-state index in [4.69, 9.17) is 14.0 Å². The van der Waals surface area contributed by atoms with Crippen LogP contribution in [-0.2, 0) is 0 Å². The Morgan fingerprint density at radius 2 is 2.24 bits per heavy atom. The van der Waals surface area contributed by atoms with Crippen LogP contribution in [0, 0.1) is 0 Å². The van der Waals surface area contributed by atoms with Crippen molar-refractivity contribution in [2.24, 2.45) is 0 Å². The number of likely N-dealkylation sites (N-methyl/N-ethyl adjacent to an activating group) is 1. The second-order valence-electron chi connectivity index (χ2n) is 6.13.